The molecule has 0 bridgehead atoms. The van der Waals surface area contributed by atoms with Gasteiger partial charge in [-0.3, -0.25) is 9.59 Å². The average molecular weight is 399 g/mol. The van der Waals surface area contributed by atoms with Crippen molar-refractivity contribution < 1.29 is 29.3 Å². The minimum Gasteiger partial charge on any atom is -0.481 e. The largest absolute Gasteiger partial charge is 0.481 e. The molecule has 6 nitrogen and oxygen atoms in total. The van der Waals surface area contributed by atoms with Crippen LogP contribution >= 0.6 is 0 Å². The van der Waals surface area contributed by atoms with Gasteiger partial charge in [0, 0.05) is 32.5 Å². The molecule has 0 rings (SSSR count). The van der Waals surface area contributed by atoms with E-state index in [1.165, 1.54) is 14.2 Å². The van der Waals surface area contributed by atoms with E-state index in [0.29, 0.717) is 25.7 Å². The van der Waals surface area contributed by atoms with Gasteiger partial charge in [-0.2, -0.15) is 0 Å². The van der Waals surface area contributed by atoms with E-state index in [0.717, 1.165) is 19.3 Å². The number of methoxy groups -OCH3 is 2. The number of hydrogen-bond donors (Lipinski definition) is 2. The molecule has 0 spiro atoms. The van der Waals surface area contributed by atoms with Gasteiger partial charge < -0.3 is 19.7 Å². The number of rotatable bonds is 17. The minimum absolute atomic E-state index is 0.0180. The Labute approximate surface area is 169 Å². The Morgan fingerprint density at radius 3 is 2.25 bits per heavy atom. The number of aliphatic hydroxyl groups excluding tert-OH is 1. The summed E-state index contributed by atoms with van der Waals surface area (Å²) < 4.78 is 10.8. The molecular formula is C22H38O6. The lowest BCUT2D eigenvalue weighted by Gasteiger charge is -2.28. The van der Waals surface area contributed by atoms with Crippen LogP contribution in [0.15, 0.2) is 24.3 Å². The van der Waals surface area contributed by atoms with Crippen molar-refractivity contribution in [1.29, 1.82) is 0 Å². The first kappa shape index (κ1) is 26.5. The zero-order valence-corrected chi connectivity index (χ0v) is 17.8. The van der Waals surface area contributed by atoms with Gasteiger partial charge in [0.05, 0.1) is 6.10 Å². The number of carboxylic acids is 1. The maximum atomic E-state index is 12.3. The third-order valence-electron chi connectivity index (χ3n) is 4.74. The fraction of sp³-hybridized carbons (Fsp3) is 0.727. The number of aliphatic hydroxyl groups is 1. The molecule has 0 aliphatic rings. The van der Waals surface area contributed by atoms with Gasteiger partial charge in [0.15, 0.2) is 6.29 Å². The first-order chi connectivity index (χ1) is 13.4. The van der Waals surface area contributed by atoms with Gasteiger partial charge in [-0.1, -0.05) is 50.5 Å². The van der Waals surface area contributed by atoms with Crippen molar-refractivity contribution in [1.82, 2.24) is 0 Å². The number of hydrogen-bond acceptors (Lipinski definition) is 5. The smallest absolute Gasteiger partial charge is 0.303 e. The second kappa shape index (κ2) is 16.5. The number of carbonyl (C=O) groups is 2. The van der Waals surface area contributed by atoms with E-state index in [9.17, 15) is 14.7 Å². The number of unbranched alkanes of at least 4 members (excludes halogenated alkanes) is 3. The van der Waals surface area contributed by atoms with Crippen molar-refractivity contribution in [2.75, 3.05) is 14.2 Å². The van der Waals surface area contributed by atoms with Crippen LogP contribution in [0.25, 0.3) is 0 Å². The predicted molar refractivity (Wildman–Crippen MR) is 110 cm³/mol. The van der Waals surface area contributed by atoms with Gasteiger partial charge in [-0.25, -0.2) is 0 Å². The second-order valence-corrected chi connectivity index (χ2v) is 7.08. The number of Topliss-reactive ketones (excluding diaryl/α,β-unsaturated/α-hetero) is 1. The standard InChI is InChI=1S/C22H38O6/c1-5-6-9-12-18(24)15-16-20(22(27-3)28-4)19(17(2)23)13-10-7-8-11-14-21(25)26/h7,10,15-16,18-20,22,24H,5-6,8-9,11-14H2,1-4H3,(H,25,26)/b10-7-,16-15+/t18?,19-,20+/m0/s1. The van der Waals surface area contributed by atoms with Gasteiger partial charge in [0.25, 0.3) is 0 Å². The molecular weight excluding hydrogens is 360 g/mol. The molecule has 0 saturated carbocycles. The summed E-state index contributed by atoms with van der Waals surface area (Å²) in [5.41, 5.74) is 0. The molecule has 0 amide bonds. The van der Waals surface area contributed by atoms with Gasteiger partial charge in [0.1, 0.15) is 5.78 Å². The fourth-order valence-corrected chi connectivity index (χ4v) is 3.11. The van der Waals surface area contributed by atoms with Crippen molar-refractivity contribution >= 4 is 11.8 Å². The summed E-state index contributed by atoms with van der Waals surface area (Å²) in [6, 6.07) is 0. The van der Waals surface area contributed by atoms with E-state index in [4.69, 9.17) is 14.6 Å². The van der Waals surface area contributed by atoms with Crippen molar-refractivity contribution in [3.8, 4) is 0 Å². The Bertz CT molecular complexity index is 481. The minimum atomic E-state index is -0.805. The molecule has 0 fully saturated rings. The second-order valence-electron chi connectivity index (χ2n) is 7.08. The summed E-state index contributed by atoms with van der Waals surface area (Å²) in [5, 5.41) is 18.8. The molecule has 2 N–H and O–H groups in total. The lowest BCUT2D eigenvalue weighted by Crippen LogP contribution is -2.33. The Balaban J connectivity index is 5.04. The van der Waals surface area contributed by atoms with Crippen LogP contribution < -0.4 is 0 Å². The maximum Gasteiger partial charge on any atom is 0.303 e. The number of aliphatic carboxylic acids is 1. The number of carbonyl (C=O) groups excluding carboxylic acids is 1. The molecule has 1 unspecified atom stereocenters. The van der Waals surface area contributed by atoms with E-state index >= 15 is 0 Å². The molecule has 0 radical (unpaired) electrons. The van der Waals surface area contributed by atoms with Crippen LogP contribution in [0, 0.1) is 11.8 Å². The van der Waals surface area contributed by atoms with E-state index in [-0.39, 0.29) is 24.0 Å². The highest BCUT2D eigenvalue weighted by atomic mass is 16.7. The van der Waals surface area contributed by atoms with Crippen LogP contribution in [0.4, 0.5) is 0 Å². The summed E-state index contributed by atoms with van der Waals surface area (Å²) in [6.07, 6.45) is 11.9. The summed E-state index contributed by atoms with van der Waals surface area (Å²) in [6.45, 7) is 3.66. The SMILES string of the molecule is CCCCCC(O)/C=C/[C@@H](C(OC)OC)[C@@H](C/C=C\CCCC(=O)O)C(C)=O. The van der Waals surface area contributed by atoms with Crippen LogP contribution in [0.1, 0.15) is 65.2 Å². The molecule has 0 saturated heterocycles. The maximum absolute atomic E-state index is 12.3. The van der Waals surface area contributed by atoms with Gasteiger partial charge >= 0.3 is 5.97 Å². The predicted octanol–water partition coefficient (Wildman–Crippen LogP) is 4.13. The summed E-state index contributed by atoms with van der Waals surface area (Å²) in [4.78, 5) is 22.8. The monoisotopic (exact) mass is 398 g/mol. The molecule has 6 heteroatoms. The van der Waals surface area contributed by atoms with Crippen LogP contribution in [0.2, 0.25) is 0 Å². The number of carboxylic acid groups (broad SMARTS) is 1. The normalized spacial score (nSPS) is 15.4. The zero-order valence-electron chi connectivity index (χ0n) is 17.8. The van der Waals surface area contributed by atoms with E-state index in [1.54, 1.807) is 13.0 Å². The third-order valence-corrected chi connectivity index (χ3v) is 4.74. The molecule has 0 aliphatic heterocycles. The number of ketones is 1. The Morgan fingerprint density at radius 2 is 1.71 bits per heavy atom. The Kier molecular flexibility index (Phi) is 15.6. The number of ether oxygens (including phenoxy) is 2. The molecule has 0 heterocycles. The summed E-state index contributed by atoms with van der Waals surface area (Å²) >= 11 is 0. The zero-order chi connectivity index (χ0) is 21.4. The van der Waals surface area contributed by atoms with Gasteiger partial charge in [0.2, 0.25) is 0 Å². The Morgan fingerprint density at radius 1 is 1.04 bits per heavy atom. The number of allylic oxidation sites excluding steroid dienone is 2. The van der Waals surface area contributed by atoms with Crippen LogP contribution in [-0.4, -0.2) is 48.6 Å². The average Bonchev–Trinajstić information content (AvgIpc) is 2.65. The molecule has 0 aliphatic carbocycles. The quantitative estimate of drug-likeness (QED) is 0.217. The van der Waals surface area contributed by atoms with E-state index < -0.39 is 18.4 Å². The molecule has 28 heavy (non-hydrogen) atoms. The van der Waals surface area contributed by atoms with Crippen molar-refractivity contribution in [3.05, 3.63) is 24.3 Å². The molecule has 162 valence electrons. The highest BCUT2D eigenvalue weighted by Crippen LogP contribution is 2.26. The topological polar surface area (TPSA) is 93.1 Å². The summed E-state index contributed by atoms with van der Waals surface area (Å²) in [7, 11) is 3.07. The van der Waals surface area contributed by atoms with Crippen LogP contribution in [0.5, 0.6) is 0 Å². The lowest BCUT2D eigenvalue weighted by molar-refractivity contribution is -0.147. The van der Waals surface area contributed by atoms with Gasteiger partial charge in [-0.15, -0.1) is 0 Å². The third kappa shape index (κ3) is 12.1. The summed E-state index contributed by atoms with van der Waals surface area (Å²) in [5.74, 6) is -1.46. The van der Waals surface area contributed by atoms with E-state index in [2.05, 4.69) is 6.92 Å². The van der Waals surface area contributed by atoms with Crippen LogP contribution in [0.3, 0.4) is 0 Å². The van der Waals surface area contributed by atoms with Crippen LogP contribution in [-0.2, 0) is 19.1 Å². The first-order valence-electron chi connectivity index (χ1n) is 10.2. The van der Waals surface area contributed by atoms with Crippen molar-refractivity contribution in [3.63, 3.8) is 0 Å². The molecule has 0 aromatic carbocycles. The fourth-order valence-electron chi connectivity index (χ4n) is 3.11. The highest BCUT2D eigenvalue weighted by molar-refractivity contribution is 5.79. The van der Waals surface area contributed by atoms with Gasteiger partial charge in [-0.05, 0) is 32.6 Å². The highest BCUT2D eigenvalue weighted by Gasteiger charge is 2.30. The molecule has 0 aromatic rings. The lowest BCUT2D eigenvalue weighted by atomic mass is 9.84. The van der Waals surface area contributed by atoms with Crippen molar-refractivity contribution in [2.45, 2.75) is 77.6 Å². The Hall–Kier alpha value is -1.50. The molecule has 0 aromatic heterocycles. The molecule has 3 atom stereocenters. The van der Waals surface area contributed by atoms with Crippen molar-refractivity contribution in [2.24, 2.45) is 11.8 Å². The van der Waals surface area contributed by atoms with E-state index in [1.807, 2.05) is 18.2 Å². The first-order valence-corrected chi connectivity index (χ1v) is 10.2.